The Hall–Kier alpha value is -2.12. The lowest BCUT2D eigenvalue weighted by atomic mass is 10.2. The van der Waals surface area contributed by atoms with E-state index in [1.165, 1.54) is 0 Å². The molecule has 0 fully saturated rings. The molecule has 0 saturated carbocycles. The molecule has 0 atom stereocenters. The standard InChI is InChI=1S/C18H19BrN2O3S/c1-11(2)24-14-6-4-5-13(10-14)20-18(25)21-17(22)12-7-8-16(23-3)15(19)9-12/h4-11H,1-3H3,(H2,20,21,22,25). The second-order valence-electron chi connectivity index (χ2n) is 5.45. The number of hydrogen-bond acceptors (Lipinski definition) is 4. The minimum Gasteiger partial charge on any atom is -0.496 e. The summed E-state index contributed by atoms with van der Waals surface area (Å²) in [6.07, 6.45) is 0.0791. The molecule has 132 valence electrons. The minimum absolute atomic E-state index is 0.0791. The first-order chi connectivity index (χ1) is 11.9. The van der Waals surface area contributed by atoms with Gasteiger partial charge in [0, 0.05) is 17.3 Å². The number of halogens is 1. The summed E-state index contributed by atoms with van der Waals surface area (Å²) >= 11 is 8.56. The molecule has 5 nitrogen and oxygen atoms in total. The van der Waals surface area contributed by atoms with E-state index in [1.807, 2.05) is 38.1 Å². The third-order valence-corrected chi connectivity index (χ3v) is 3.93. The molecule has 0 aliphatic carbocycles. The van der Waals surface area contributed by atoms with Gasteiger partial charge in [-0.2, -0.15) is 0 Å². The fourth-order valence-electron chi connectivity index (χ4n) is 2.06. The molecular formula is C18H19BrN2O3S. The molecule has 2 rings (SSSR count). The summed E-state index contributed by atoms with van der Waals surface area (Å²) in [5, 5.41) is 5.83. The third kappa shape index (κ3) is 5.72. The average molecular weight is 423 g/mol. The normalized spacial score (nSPS) is 10.3. The monoisotopic (exact) mass is 422 g/mol. The molecule has 0 radical (unpaired) electrons. The average Bonchev–Trinajstić information content (AvgIpc) is 2.54. The van der Waals surface area contributed by atoms with Gasteiger partial charge in [0.1, 0.15) is 11.5 Å². The maximum atomic E-state index is 12.3. The van der Waals surface area contributed by atoms with Crippen molar-refractivity contribution in [1.29, 1.82) is 0 Å². The lowest BCUT2D eigenvalue weighted by Gasteiger charge is -2.13. The molecular weight excluding hydrogens is 404 g/mol. The van der Waals surface area contributed by atoms with Crippen LogP contribution in [0.15, 0.2) is 46.9 Å². The fraction of sp³-hybridized carbons (Fsp3) is 0.222. The van der Waals surface area contributed by atoms with Crippen LogP contribution in [0.5, 0.6) is 11.5 Å². The van der Waals surface area contributed by atoms with Crippen molar-refractivity contribution in [2.75, 3.05) is 12.4 Å². The highest BCUT2D eigenvalue weighted by atomic mass is 79.9. The predicted molar refractivity (Wildman–Crippen MR) is 107 cm³/mol. The Labute approximate surface area is 160 Å². The highest BCUT2D eigenvalue weighted by Gasteiger charge is 2.11. The van der Waals surface area contributed by atoms with Crippen molar-refractivity contribution in [2.24, 2.45) is 0 Å². The zero-order chi connectivity index (χ0) is 18.4. The summed E-state index contributed by atoms with van der Waals surface area (Å²) in [6.45, 7) is 3.91. The van der Waals surface area contributed by atoms with Crippen LogP contribution >= 0.6 is 28.1 Å². The topological polar surface area (TPSA) is 59.6 Å². The number of ether oxygens (including phenoxy) is 2. The minimum atomic E-state index is -0.310. The van der Waals surface area contributed by atoms with Crippen molar-refractivity contribution in [3.63, 3.8) is 0 Å². The maximum Gasteiger partial charge on any atom is 0.257 e. The molecule has 0 unspecified atom stereocenters. The number of methoxy groups -OCH3 is 1. The van der Waals surface area contributed by atoms with Crippen molar-refractivity contribution in [1.82, 2.24) is 5.32 Å². The van der Waals surface area contributed by atoms with Crippen LogP contribution in [0.1, 0.15) is 24.2 Å². The second kappa shape index (κ2) is 8.82. The fourth-order valence-corrected chi connectivity index (χ4v) is 2.82. The molecule has 0 saturated heterocycles. The van der Waals surface area contributed by atoms with E-state index in [0.29, 0.717) is 15.8 Å². The van der Waals surface area contributed by atoms with Crippen molar-refractivity contribution in [2.45, 2.75) is 20.0 Å². The molecule has 0 heterocycles. The Bertz CT molecular complexity index is 781. The lowest BCUT2D eigenvalue weighted by molar-refractivity contribution is 0.0977. The van der Waals surface area contributed by atoms with Gasteiger partial charge in [-0.25, -0.2) is 0 Å². The zero-order valence-electron chi connectivity index (χ0n) is 14.1. The number of rotatable bonds is 5. The smallest absolute Gasteiger partial charge is 0.257 e. The van der Waals surface area contributed by atoms with Gasteiger partial charge in [0.15, 0.2) is 5.11 Å². The molecule has 2 aromatic carbocycles. The number of amides is 1. The first-order valence-corrected chi connectivity index (χ1v) is 8.81. The van der Waals surface area contributed by atoms with Crippen LogP contribution in [0.25, 0.3) is 0 Å². The van der Waals surface area contributed by atoms with E-state index in [-0.39, 0.29) is 17.1 Å². The summed E-state index contributed by atoms with van der Waals surface area (Å²) < 4.78 is 11.5. The molecule has 0 aliphatic rings. The molecule has 2 N–H and O–H groups in total. The molecule has 1 amide bonds. The summed E-state index contributed by atoms with van der Waals surface area (Å²) in [4.78, 5) is 12.3. The van der Waals surface area contributed by atoms with Gasteiger partial charge < -0.3 is 14.8 Å². The van der Waals surface area contributed by atoms with E-state index in [2.05, 4.69) is 26.6 Å². The van der Waals surface area contributed by atoms with E-state index in [9.17, 15) is 4.79 Å². The van der Waals surface area contributed by atoms with Crippen molar-refractivity contribution >= 4 is 44.9 Å². The second-order valence-corrected chi connectivity index (χ2v) is 6.71. The summed E-state index contributed by atoms with van der Waals surface area (Å²) in [5.74, 6) is 1.07. The van der Waals surface area contributed by atoms with Gasteiger partial charge in [-0.15, -0.1) is 0 Å². The number of benzene rings is 2. The molecule has 0 bridgehead atoms. The lowest BCUT2D eigenvalue weighted by Crippen LogP contribution is -2.34. The SMILES string of the molecule is COc1ccc(C(=O)NC(=S)Nc2cccc(OC(C)C)c2)cc1Br. The third-order valence-electron chi connectivity index (χ3n) is 3.10. The van der Waals surface area contributed by atoms with E-state index >= 15 is 0 Å². The van der Waals surface area contributed by atoms with Crippen molar-refractivity contribution < 1.29 is 14.3 Å². The summed E-state index contributed by atoms with van der Waals surface area (Å²) in [7, 11) is 1.57. The Kier molecular flexibility index (Phi) is 6.78. The van der Waals surface area contributed by atoms with Gasteiger partial charge in [-0.05, 0) is 72.3 Å². The van der Waals surface area contributed by atoms with E-state index in [1.54, 1.807) is 25.3 Å². The molecule has 7 heteroatoms. The number of nitrogens with one attached hydrogen (secondary N) is 2. The number of thiocarbonyl (C=S) groups is 1. The maximum absolute atomic E-state index is 12.3. The number of carbonyl (C=O) groups excluding carboxylic acids is 1. The van der Waals surface area contributed by atoms with Crippen LogP contribution in [0, 0.1) is 0 Å². The van der Waals surface area contributed by atoms with Gasteiger partial charge in [0.05, 0.1) is 17.7 Å². The van der Waals surface area contributed by atoms with Crippen LogP contribution in [-0.4, -0.2) is 24.2 Å². The highest BCUT2D eigenvalue weighted by Crippen LogP contribution is 2.25. The molecule has 2 aromatic rings. The Balaban J connectivity index is 2.00. The Morgan fingerprint density at radius 2 is 1.96 bits per heavy atom. The van der Waals surface area contributed by atoms with E-state index < -0.39 is 0 Å². The molecule has 0 aromatic heterocycles. The van der Waals surface area contributed by atoms with Crippen LogP contribution in [0.4, 0.5) is 5.69 Å². The first-order valence-electron chi connectivity index (χ1n) is 7.61. The number of anilines is 1. The zero-order valence-corrected chi connectivity index (χ0v) is 16.5. The largest absolute Gasteiger partial charge is 0.496 e. The summed E-state index contributed by atoms with van der Waals surface area (Å²) in [5.41, 5.74) is 1.20. The Morgan fingerprint density at radius 3 is 2.60 bits per heavy atom. The number of carbonyl (C=O) groups is 1. The van der Waals surface area contributed by atoms with Gasteiger partial charge >= 0.3 is 0 Å². The van der Waals surface area contributed by atoms with Crippen molar-refractivity contribution in [3.8, 4) is 11.5 Å². The predicted octanol–water partition coefficient (Wildman–Crippen LogP) is 4.37. The summed E-state index contributed by atoms with van der Waals surface area (Å²) in [6, 6.07) is 12.4. The van der Waals surface area contributed by atoms with Crippen LogP contribution < -0.4 is 20.1 Å². The molecule has 0 aliphatic heterocycles. The highest BCUT2D eigenvalue weighted by molar-refractivity contribution is 9.10. The quantitative estimate of drug-likeness (QED) is 0.700. The Morgan fingerprint density at radius 1 is 1.20 bits per heavy atom. The van der Waals surface area contributed by atoms with Crippen LogP contribution in [-0.2, 0) is 0 Å². The van der Waals surface area contributed by atoms with E-state index in [0.717, 1.165) is 11.4 Å². The van der Waals surface area contributed by atoms with Crippen LogP contribution in [0.3, 0.4) is 0 Å². The molecule has 25 heavy (non-hydrogen) atoms. The van der Waals surface area contributed by atoms with Gasteiger partial charge in [0.25, 0.3) is 5.91 Å². The van der Waals surface area contributed by atoms with Gasteiger partial charge in [0.2, 0.25) is 0 Å². The molecule has 0 spiro atoms. The number of hydrogen-bond donors (Lipinski definition) is 2. The van der Waals surface area contributed by atoms with Crippen LogP contribution in [0.2, 0.25) is 0 Å². The van der Waals surface area contributed by atoms with E-state index in [4.69, 9.17) is 21.7 Å². The van der Waals surface area contributed by atoms with Gasteiger partial charge in [-0.1, -0.05) is 6.07 Å². The van der Waals surface area contributed by atoms with Gasteiger partial charge in [-0.3, -0.25) is 10.1 Å². The first kappa shape index (κ1) is 19.2. The van der Waals surface area contributed by atoms with Crippen molar-refractivity contribution in [3.05, 3.63) is 52.5 Å².